The van der Waals surface area contributed by atoms with E-state index in [2.05, 4.69) is 46.6 Å². The van der Waals surface area contributed by atoms with Gasteiger partial charge in [-0.15, -0.1) is 11.3 Å². The minimum Gasteiger partial charge on any atom is -0.366 e. The van der Waals surface area contributed by atoms with E-state index in [1.54, 1.807) is 16.2 Å². The van der Waals surface area contributed by atoms with E-state index in [4.69, 9.17) is 11.6 Å². The highest BCUT2D eigenvalue weighted by atomic mass is 35.5. The predicted octanol–water partition coefficient (Wildman–Crippen LogP) is 5.47. The van der Waals surface area contributed by atoms with Gasteiger partial charge in [0.2, 0.25) is 11.8 Å². The number of imide groups is 1. The minimum absolute atomic E-state index is 0.0186. The number of nitrogens with one attached hydrogen (secondary N) is 1. The van der Waals surface area contributed by atoms with Crippen LogP contribution in [0.4, 0.5) is 5.69 Å². The van der Waals surface area contributed by atoms with Crippen LogP contribution in [0, 0.1) is 0 Å². The number of amides is 2. The van der Waals surface area contributed by atoms with Gasteiger partial charge >= 0.3 is 0 Å². The van der Waals surface area contributed by atoms with Crippen LogP contribution in [0.3, 0.4) is 0 Å². The Kier molecular flexibility index (Phi) is 5.02. The normalized spacial score (nSPS) is 23.4. The molecule has 0 spiro atoms. The molecule has 1 atom stereocenters. The second-order valence-electron chi connectivity index (χ2n) is 10.4. The molecule has 3 fully saturated rings. The number of carbonyl (C=O) groups is 2. The second kappa shape index (κ2) is 8.05. The predicted molar refractivity (Wildman–Crippen MR) is 141 cm³/mol. The summed E-state index contributed by atoms with van der Waals surface area (Å²) >= 11 is 8.44. The van der Waals surface area contributed by atoms with Crippen LogP contribution in [0.5, 0.6) is 0 Å². The Balaban J connectivity index is 1.38. The molecule has 4 heterocycles. The topological polar surface area (TPSA) is 52.7 Å². The van der Waals surface area contributed by atoms with E-state index in [1.807, 2.05) is 0 Å². The van der Waals surface area contributed by atoms with Crippen molar-refractivity contribution in [3.8, 4) is 11.1 Å². The highest BCUT2D eigenvalue weighted by Crippen LogP contribution is 2.56. The lowest BCUT2D eigenvalue weighted by Gasteiger charge is -2.38. The Bertz CT molecular complexity index is 1360. The molecule has 1 aromatic heterocycles. The molecular weight excluding hydrogens is 478 g/mol. The quantitative estimate of drug-likeness (QED) is 0.477. The molecule has 2 amide bonds. The van der Waals surface area contributed by atoms with Gasteiger partial charge in [0.15, 0.2) is 0 Å². The van der Waals surface area contributed by atoms with Gasteiger partial charge in [-0.1, -0.05) is 29.8 Å². The molecule has 0 unspecified atom stereocenters. The number of hydrogen-bond donors (Lipinski definition) is 1. The van der Waals surface area contributed by atoms with Crippen molar-refractivity contribution in [3.05, 3.63) is 51.9 Å². The van der Waals surface area contributed by atoms with E-state index >= 15 is 0 Å². The lowest BCUT2D eigenvalue weighted by molar-refractivity contribution is -0.142. The smallest absolute Gasteiger partial charge is 0.230 e. The van der Waals surface area contributed by atoms with Crippen LogP contribution in [0.15, 0.2) is 36.4 Å². The van der Waals surface area contributed by atoms with E-state index in [1.165, 1.54) is 32.5 Å². The summed E-state index contributed by atoms with van der Waals surface area (Å²) in [4.78, 5) is 30.5. The zero-order valence-electron chi connectivity index (χ0n) is 19.6. The Hall–Kier alpha value is -2.41. The number of rotatable bonds is 4. The molecule has 0 bridgehead atoms. The highest BCUT2D eigenvalue weighted by molar-refractivity contribution is 7.19. The minimum atomic E-state index is -0.430. The van der Waals surface area contributed by atoms with E-state index < -0.39 is 5.54 Å². The molecule has 3 aliphatic heterocycles. The number of halogens is 1. The van der Waals surface area contributed by atoms with Gasteiger partial charge in [-0.05, 0) is 67.8 Å². The molecule has 35 heavy (non-hydrogen) atoms. The molecule has 1 aliphatic carbocycles. The summed E-state index contributed by atoms with van der Waals surface area (Å²) in [6.45, 7) is 3.16. The Morgan fingerprint density at radius 3 is 2.60 bits per heavy atom. The van der Waals surface area contributed by atoms with E-state index in [0.717, 1.165) is 61.6 Å². The fourth-order valence-electron chi connectivity index (χ4n) is 6.47. The van der Waals surface area contributed by atoms with Gasteiger partial charge in [0.25, 0.3) is 0 Å². The molecule has 4 aliphatic rings. The summed E-state index contributed by atoms with van der Waals surface area (Å²) in [5.41, 5.74) is 4.65. The summed E-state index contributed by atoms with van der Waals surface area (Å²) in [5, 5.41) is 5.49. The Morgan fingerprint density at radius 1 is 1.03 bits per heavy atom. The van der Waals surface area contributed by atoms with Crippen LogP contribution in [-0.2, 0) is 21.5 Å². The number of likely N-dealkylation sites (tertiary alicyclic amines) is 1. The number of nitrogens with zero attached hydrogens (tertiary/aromatic N) is 2. The monoisotopic (exact) mass is 505 g/mol. The van der Waals surface area contributed by atoms with Crippen molar-refractivity contribution >= 4 is 50.5 Å². The van der Waals surface area contributed by atoms with E-state index in [0.29, 0.717) is 18.9 Å². The highest BCUT2D eigenvalue weighted by Gasteiger charge is 2.56. The third-order valence-corrected chi connectivity index (χ3v) is 9.85. The molecule has 7 rings (SSSR count). The SMILES string of the molecule is O=C1CCC(=O)N1C1(c2cc3cccc(-c4cc(Cl)cc5c4N([C@H]4CCNC4)CCC5)c3s2)CC1. The standard InChI is InChI=1S/C28H28ClN3O2S/c29-19-13-17-4-2-12-31(20-8-11-30-16-20)26(17)22(15-19)21-5-1-3-18-14-23(35-27(18)21)28(9-10-28)32-24(33)6-7-25(32)34/h1,3,5,13-15,20,30H,2,4,6-12,16H2/t20-/m0/s1. The van der Waals surface area contributed by atoms with Crippen molar-refractivity contribution in [1.29, 1.82) is 0 Å². The lowest BCUT2D eigenvalue weighted by atomic mass is 9.92. The maximum atomic E-state index is 12.6. The zero-order valence-corrected chi connectivity index (χ0v) is 21.2. The molecule has 3 aromatic rings. The van der Waals surface area contributed by atoms with Crippen molar-refractivity contribution < 1.29 is 9.59 Å². The zero-order chi connectivity index (χ0) is 23.7. The average molecular weight is 506 g/mol. The van der Waals surface area contributed by atoms with E-state index in [9.17, 15) is 9.59 Å². The van der Waals surface area contributed by atoms with Crippen molar-refractivity contribution in [3.63, 3.8) is 0 Å². The number of carbonyl (C=O) groups excluding carboxylic acids is 2. The van der Waals surface area contributed by atoms with Gasteiger partial charge in [0.1, 0.15) is 0 Å². The van der Waals surface area contributed by atoms with Crippen LogP contribution < -0.4 is 10.2 Å². The Morgan fingerprint density at radius 2 is 1.86 bits per heavy atom. The van der Waals surface area contributed by atoms with Gasteiger partial charge in [-0.25, -0.2) is 0 Å². The molecule has 1 N–H and O–H groups in total. The largest absolute Gasteiger partial charge is 0.366 e. The molecule has 5 nitrogen and oxygen atoms in total. The number of anilines is 1. The first-order chi connectivity index (χ1) is 17.0. The van der Waals surface area contributed by atoms with Gasteiger partial charge in [0, 0.05) is 63.4 Å². The fraction of sp³-hybridized carbons (Fsp3) is 0.429. The number of hydrogen-bond acceptors (Lipinski definition) is 5. The van der Waals surface area contributed by atoms with Gasteiger partial charge in [0.05, 0.1) is 5.54 Å². The molecular formula is C28H28ClN3O2S. The summed E-state index contributed by atoms with van der Waals surface area (Å²) in [6.07, 6.45) is 5.78. The van der Waals surface area contributed by atoms with Crippen LogP contribution in [0.2, 0.25) is 5.02 Å². The number of fused-ring (bicyclic) bond motifs is 2. The molecule has 0 radical (unpaired) electrons. The maximum Gasteiger partial charge on any atom is 0.230 e. The summed E-state index contributed by atoms with van der Waals surface area (Å²) in [7, 11) is 0. The van der Waals surface area contributed by atoms with Crippen LogP contribution in [0.25, 0.3) is 21.2 Å². The third kappa shape index (κ3) is 3.37. The molecule has 2 saturated heterocycles. The van der Waals surface area contributed by atoms with Crippen LogP contribution >= 0.6 is 22.9 Å². The number of aryl methyl sites for hydroxylation is 1. The van der Waals surface area contributed by atoms with Crippen LogP contribution in [0.1, 0.15) is 49.0 Å². The summed E-state index contributed by atoms with van der Waals surface area (Å²) < 4.78 is 1.22. The van der Waals surface area contributed by atoms with Crippen LogP contribution in [-0.4, -0.2) is 42.4 Å². The van der Waals surface area contributed by atoms with Gasteiger partial charge in [-0.2, -0.15) is 0 Å². The third-order valence-electron chi connectivity index (χ3n) is 8.26. The first-order valence-electron chi connectivity index (χ1n) is 12.7. The fourth-order valence-corrected chi connectivity index (χ4v) is 8.13. The molecule has 2 aromatic carbocycles. The molecule has 1 saturated carbocycles. The summed E-state index contributed by atoms with van der Waals surface area (Å²) in [6, 6.07) is 13.5. The summed E-state index contributed by atoms with van der Waals surface area (Å²) in [5.74, 6) is -0.0372. The van der Waals surface area contributed by atoms with Gasteiger partial charge < -0.3 is 10.2 Å². The average Bonchev–Trinajstić information content (AvgIpc) is 3.20. The molecule has 180 valence electrons. The van der Waals surface area contributed by atoms with E-state index in [-0.39, 0.29) is 11.8 Å². The number of benzene rings is 2. The lowest BCUT2D eigenvalue weighted by Crippen LogP contribution is -2.40. The Labute approximate surface area is 214 Å². The first-order valence-corrected chi connectivity index (χ1v) is 13.9. The van der Waals surface area contributed by atoms with Crippen molar-refractivity contribution in [2.75, 3.05) is 24.5 Å². The molecule has 7 heteroatoms. The van der Waals surface area contributed by atoms with Gasteiger partial charge in [-0.3, -0.25) is 14.5 Å². The van der Waals surface area contributed by atoms with Crippen molar-refractivity contribution in [1.82, 2.24) is 10.2 Å². The van der Waals surface area contributed by atoms with Crippen molar-refractivity contribution in [2.24, 2.45) is 0 Å². The second-order valence-corrected chi connectivity index (χ2v) is 11.9. The maximum absolute atomic E-state index is 12.6. The number of thiophene rings is 1. The van der Waals surface area contributed by atoms with Crippen molar-refractivity contribution in [2.45, 2.75) is 56.5 Å². The first kappa shape index (κ1) is 21.8.